The van der Waals surface area contributed by atoms with E-state index in [4.69, 9.17) is 11.1 Å². The van der Waals surface area contributed by atoms with E-state index in [0.29, 0.717) is 17.2 Å². The standard InChI is InChI=1S/C21H33N5O/c1-15(12-16-6-5-9-25(2)14-16)24-21(27)20(23)18-13-17(7-8-19(18)22)26-10-3-4-11-26/h7-8,13,15-16,23H,3-6,9-12,14,22H2,1-2H3,(H,24,27). The van der Waals surface area contributed by atoms with Crippen LogP contribution >= 0.6 is 0 Å². The zero-order valence-electron chi connectivity index (χ0n) is 16.6. The van der Waals surface area contributed by atoms with Crippen molar-refractivity contribution in [3.63, 3.8) is 0 Å². The molecule has 2 aliphatic heterocycles. The highest BCUT2D eigenvalue weighted by Gasteiger charge is 2.23. The first-order valence-electron chi connectivity index (χ1n) is 10.2. The second-order valence-electron chi connectivity index (χ2n) is 8.22. The van der Waals surface area contributed by atoms with Crippen molar-refractivity contribution >= 4 is 23.0 Å². The molecule has 1 aromatic carbocycles. The molecular weight excluding hydrogens is 338 g/mol. The molecule has 0 aromatic heterocycles. The Kier molecular flexibility index (Phi) is 6.37. The van der Waals surface area contributed by atoms with Gasteiger partial charge in [-0.3, -0.25) is 10.2 Å². The molecule has 0 radical (unpaired) electrons. The fourth-order valence-corrected chi connectivity index (χ4v) is 4.38. The summed E-state index contributed by atoms with van der Waals surface area (Å²) in [5.74, 6) is 0.272. The van der Waals surface area contributed by atoms with E-state index in [2.05, 4.69) is 22.2 Å². The molecule has 0 saturated carbocycles. The molecule has 0 aliphatic carbocycles. The normalized spacial score (nSPS) is 21.9. The lowest BCUT2D eigenvalue weighted by Gasteiger charge is -2.31. The highest BCUT2D eigenvalue weighted by atomic mass is 16.1. The van der Waals surface area contributed by atoms with Crippen LogP contribution in [0.2, 0.25) is 0 Å². The first kappa shape index (κ1) is 19.7. The summed E-state index contributed by atoms with van der Waals surface area (Å²) in [7, 11) is 2.15. The Bertz CT molecular complexity index is 683. The maximum Gasteiger partial charge on any atom is 0.270 e. The Morgan fingerprint density at radius 2 is 2.04 bits per heavy atom. The third-order valence-electron chi connectivity index (χ3n) is 5.79. The van der Waals surface area contributed by atoms with Gasteiger partial charge in [0.1, 0.15) is 5.71 Å². The number of carbonyl (C=O) groups excluding carboxylic acids is 1. The number of benzene rings is 1. The number of amides is 1. The second kappa shape index (κ2) is 8.74. The number of nitrogens with two attached hydrogens (primary N) is 1. The monoisotopic (exact) mass is 371 g/mol. The molecule has 0 bridgehead atoms. The number of hydrogen-bond donors (Lipinski definition) is 3. The van der Waals surface area contributed by atoms with E-state index in [-0.39, 0.29) is 17.7 Å². The first-order valence-corrected chi connectivity index (χ1v) is 10.2. The highest BCUT2D eigenvalue weighted by molar-refractivity contribution is 6.45. The first-order chi connectivity index (χ1) is 12.9. The van der Waals surface area contributed by atoms with Crippen LogP contribution in [0, 0.1) is 11.3 Å². The number of nitrogens with one attached hydrogen (secondary N) is 2. The fourth-order valence-electron chi connectivity index (χ4n) is 4.38. The third-order valence-corrected chi connectivity index (χ3v) is 5.79. The maximum absolute atomic E-state index is 12.6. The van der Waals surface area contributed by atoms with Gasteiger partial charge in [0.25, 0.3) is 5.91 Å². The van der Waals surface area contributed by atoms with Gasteiger partial charge in [0, 0.05) is 42.6 Å². The van der Waals surface area contributed by atoms with E-state index >= 15 is 0 Å². The van der Waals surface area contributed by atoms with E-state index in [1.165, 1.54) is 25.7 Å². The van der Waals surface area contributed by atoms with Gasteiger partial charge in [-0.25, -0.2) is 0 Å². The van der Waals surface area contributed by atoms with Gasteiger partial charge in [0.15, 0.2) is 0 Å². The molecule has 1 amide bonds. The summed E-state index contributed by atoms with van der Waals surface area (Å²) in [5.41, 5.74) is 8.10. The SMILES string of the molecule is CC(CC1CCCN(C)C1)NC(=O)C(=N)c1cc(N2CCCC2)ccc1N. The average molecular weight is 372 g/mol. The lowest BCUT2D eigenvalue weighted by molar-refractivity contribution is -0.115. The molecule has 1 aromatic rings. The van der Waals surface area contributed by atoms with Crippen molar-refractivity contribution in [1.82, 2.24) is 10.2 Å². The third kappa shape index (κ3) is 5.01. The lowest BCUT2D eigenvalue weighted by atomic mass is 9.92. The number of rotatable bonds is 6. The van der Waals surface area contributed by atoms with Crippen LogP contribution < -0.4 is 16.0 Å². The number of nitrogens with zero attached hydrogens (tertiary/aromatic N) is 2. The van der Waals surface area contributed by atoms with Gasteiger partial charge in [0.05, 0.1) is 0 Å². The quantitative estimate of drug-likeness (QED) is 0.530. The van der Waals surface area contributed by atoms with Crippen molar-refractivity contribution in [3.05, 3.63) is 23.8 Å². The van der Waals surface area contributed by atoms with E-state index in [1.54, 1.807) is 0 Å². The van der Waals surface area contributed by atoms with Crippen molar-refractivity contribution < 1.29 is 4.79 Å². The maximum atomic E-state index is 12.6. The number of nitrogen functional groups attached to an aromatic ring is 1. The van der Waals surface area contributed by atoms with Crippen LogP contribution in [0.5, 0.6) is 0 Å². The number of anilines is 2. The van der Waals surface area contributed by atoms with Gasteiger partial charge in [-0.1, -0.05) is 0 Å². The summed E-state index contributed by atoms with van der Waals surface area (Å²) in [4.78, 5) is 17.3. The molecule has 2 fully saturated rings. The molecule has 4 N–H and O–H groups in total. The van der Waals surface area contributed by atoms with Crippen molar-refractivity contribution in [1.29, 1.82) is 5.41 Å². The van der Waals surface area contributed by atoms with Crippen LogP contribution in [0.1, 0.15) is 44.6 Å². The summed E-state index contributed by atoms with van der Waals surface area (Å²) < 4.78 is 0. The van der Waals surface area contributed by atoms with Crippen molar-refractivity contribution in [3.8, 4) is 0 Å². The van der Waals surface area contributed by atoms with Crippen molar-refractivity contribution in [2.24, 2.45) is 5.92 Å². The molecule has 2 unspecified atom stereocenters. The van der Waals surface area contributed by atoms with Crippen LogP contribution in [0.15, 0.2) is 18.2 Å². The van der Waals surface area contributed by atoms with E-state index in [0.717, 1.165) is 38.3 Å². The van der Waals surface area contributed by atoms with Gasteiger partial charge in [-0.2, -0.15) is 0 Å². The molecule has 2 heterocycles. The van der Waals surface area contributed by atoms with Gasteiger partial charge >= 0.3 is 0 Å². The minimum atomic E-state index is -0.336. The van der Waals surface area contributed by atoms with E-state index in [1.807, 2.05) is 25.1 Å². The predicted molar refractivity (Wildman–Crippen MR) is 112 cm³/mol. The number of piperidine rings is 1. The topological polar surface area (TPSA) is 85.5 Å². The van der Waals surface area contributed by atoms with E-state index in [9.17, 15) is 4.79 Å². The zero-order valence-corrected chi connectivity index (χ0v) is 16.6. The summed E-state index contributed by atoms with van der Waals surface area (Å²) in [6.45, 7) is 6.33. The van der Waals surface area contributed by atoms with Gasteiger partial charge in [0.2, 0.25) is 0 Å². The fraction of sp³-hybridized carbons (Fsp3) is 0.619. The van der Waals surface area contributed by atoms with Crippen molar-refractivity contribution in [2.45, 2.75) is 45.1 Å². The van der Waals surface area contributed by atoms with E-state index < -0.39 is 0 Å². The Hall–Kier alpha value is -2.08. The molecule has 6 heteroatoms. The minimum Gasteiger partial charge on any atom is -0.398 e. The number of carbonyl (C=O) groups is 1. The van der Waals surface area contributed by atoms with Gasteiger partial charge < -0.3 is 20.9 Å². The lowest BCUT2D eigenvalue weighted by Crippen LogP contribution is -2.41. The largest absolute Gasteiger partial charge is 0.398 e. The minimum absolute atomic E-state index is 0.0406. The molecule has 148 valence electrons. The Morgan fingerprint density at radius 1 is 1.30 bits per heavy atom. The number of likely N-dealkylation sites (tertiary alicyclic amines) is 1. The molecular formula is C21H33N5O. The molecule has 2 saturated heterocycles. The summed E-state index contributed by atoms with van der Waals surface area (Å²) >= 11 is 0. The van der Waals surface area contributed by atoms with Crippen LogP contribution in [-0.2, 0) is 4.79 Å². The smallest absolute Gasteiger partial charge is 0.270 e. The second-order valence-corrected chi connectivity index (χ2v) is 8.22. The van der Waals surface area contributed by atoms with Gasteiger partial charge in [-0.15, -0.1) is 0 Å². The molecule has 2 atom stereocenters. The molecule has 27 heavy (non-hydrogen) atoms. The number of hydrogen-bond acceptors (Lipinski definition) is 5. The van der Waals surface area contributed by atoms with Gasteiger partial charge in [-0.05, 0) is 76.7 Å². The Balaban J connectivity index is 1.61. The Morgan fingerprint density at radius 3 is 2.74 bits per heavy atom. The summed E-state index contributed by atoms with van der Waals surface area (Å²) in [5, 5.41) is 11.4. The molecule has 3 rings (SSSR count). The van der Waals surface area contributed by atoms with Crippen LogP contribution in [0.25, 0.3) is 0 Å². The molecule has 2 aliphatic rings. The molecule has 6 nitrogen and oxygen atoms in total. The van der Waals surface area contributed by atoms with Crippen molar-refractivity contribution in [2.75, 3.05) is 43.9 Å². The molecule has 0 spiro atoms. The predicted octanol–water partition coefficient (Wildman–Crippen LogP) is 2.47. The van der Waals surface area contributed by atoms with Crippen LogP contribution in [-0.4, -0.2) is 55.8 Å². The van der Waals surface area contributed by atoms with Crippen LogP contribution in [0.4, 0.5) is 11.4 Å². The van der Waals surface area contributed by atoms with Crippen LogP contribution in [0.3, 0.4) is 0 Å². The summed E-state index contributed by atoms with van der Waals surface area (Å²) in [6, 6.07) is 5.74. The zero-order chi connectivity index (χ0) is 19.4. The average Bonchev–Trinajstić information content (AvgIpc) is 3.16. The summed E-state index contributed by atoms with van der Waals surface area (Å²) in [6.07, 6.45) is 5.76. The Labute approximate surface area is 162 Å². The highest BCUT2D eigenvalue weighted by Crippen LogP contribution is 2.25.